The molecule has 9 heavy (non-hydrogen) atoms. The molecule has 0 aromatic rings. The predicted octanol–water partition coefficient (Wildman–Crippen LogP) is -1.21. The van der Waals surface area contributed by atoms with E-state index in [2.05, 4.69) is 0 Å². The second kappa shape index (κ2) is 2.33. The van der Waals surface area contributed by atoms with E-state index in [0.717, 1.165) is 0 Å². The third-order valence-corrected chi connectivity index (χ3v) is 0.713. The molecule has 0 radical (unpaired) electrons. The molecule has 1 aliphatic heterocycles. The maximum Gasteiger partial charge on any atom is 0.320 e. The largest absolute Gasteiger partial charge is 0.480 e. The van der Waals surface area contributed by atoms with Gasteiger partial charge in [-0.3, -0.25) is 4.79 Å². The molecule has 0 spiro atoms. The smallest absolute Gasteiger partial charge is 0.320 e. The molecule has 4 nitrogen and oxygen atoms in total. The van der Waals surface area contributed by atoms with Gasteiger partial charge >= 0.3 is 5.97 Å². The van der Waals surface area contributed by atoms with Crippen molar-refractivity contribution in [3.63, 3.8) is 0 Å². The first-order valence-corrected chi connectivity index (χ1v) is 2.10. The fraction of sp³-hybridized carbons (Fsp3) is 0.800. The van der Waals surface area contributed by atoms with Crippen LogP contribution in [0, 0.1) is 0 Å². The summed E-state index contributed by atoms with van der Waals surface area (Å²) >= 11 is 0. The third kappa shape index (κ3) is 1.40. The fourth-order valence-electron chi connectivity index (χ4n) is 0.378. The van der Waals surface area contributed by atoms with Crippen LogP contribution in [-0.4, -0.2) is 34.8 Å². The summed E-state index contributed by atoms with van der Waals surface area (Å²) in [6.45, 7) is -3.32. The Balaban J connectivity index is 3.54. The van der Waals surface area contributed by atoms with Crippen LogP contribution >= 0.6 is 0 Å². The van der Waals surface area contributed by atoms with Gasteiger partial charge in [0.05, 0.1) is 8.82 Å². The molecule has 2 atom stereocenters. The van der Waals surface area contributed by atoms with E-state index in [0.29, 0.717) is 0 Å². The molecule has 1 saturated heterocycles. The van der Waals surface area contributed by atoms with Gasteiger partial charge in [0.25, 0.3) is 0 Å². The summed E-state index contributed by atoms with van der Waals surface area (Å²) < 4.78 is 50.3. The Labute approximate surface area is 62.4 Å². The molecule has 0 aromatic carbocycles. The van der Waals surface area contributed by atoms with Crippen LogP contribution in [0.1, 0.15) is 14.6 Å². The van der Waals surface area contributed by atoms with Gasteiger partial charge in [-0.1, -0.05) is 0 Å². The first-order valence-electron chi connectivity index (χ1n) is 5.55. The first-order chi connectivity index (χ1) is 6.85. The third-order valence-electron chi connectivity index (χ3n) is 0.713. The van der Waals surface area contributed by atoms with Crippen molar-refractivity contribution in [2.24, 2.45) is 0 Å². The number of carboxylic acid groups (broad SMARTS) is 1. The van der Waals surface area contributed by atoms with Gasteiger partial charge in [0.15, 0.2) is 0 Å². The topological polar surface area (TPSA) is 69.6 Å². The van der Waals surface area contributed by atoms with Crippen molar-refractivity contribution in [2.75, 3.05) is 6.50 Å². The zero-order valence-corrected chi connectivity index (χ0v) is 4.25. The van der Waals surface area contributed by atoms with Crippen molar-refractivity contribution < 1.29 is 24.6 Å². The Morgan fingerprint density at radius 3 is 3.00 bits per heavy atom. The van der Waals surface area contributed by atoms with Gasteiger partial charge < -0.3 is 15.5 Å². The zero-order chi connectivity index (χ0) is 13.2. The molecule has 0 unspecified atom stereocenters. The van der Waals surface area contributed by atoms with Crippen LogP contribution in [0.3, 0.4) is 0 Å². The standard InChI is InChI=1S/C5H9NO3/c7-3-1-4(5(8)9)6-2-3/h3-4,6-7H,1-2H2,(H,8,9)/t3-,4+/m1/s1/i1D2,2D2,3D,4D/hD. The minimum Gasteiger partial charge on any atom is -0.480 e. The maximum absolute atomic E-state index is 10.8. The van der Waals surface area contributed by atoms with Crippen LogP contribution in [-0.2, 0) is 4.79 Å². The summed E-state index contributed by atoms with van der Waals surface area (Å²) in [5.74, 6) is -2.15. The summed E-state index contributed by atoms with van der Waals surface area (Å²) in [6.07, 6.45) is -7.01. The van der Waals surface area contributed by atoms with Crippen LogP contribution in [0.15, 0.2) is 0 Å². The maximum atomic E-state index is 10.8. The Morgan fingerprint density at radius 1 is 2.11 bits per heavy atom. The van der Waals surface area contributed by atoms with E-state index in [4.69, 9.17) is 14.7 Å². The van der Waals surface area contributed by atoms with E-state index in [-0.39, 0.29) is 0 Å². The van der Waals surface area contributed by atoms with Crippen molar-refractivity contribution in [1.82, 2.24) is 5.31 Å². The lowest BCUT2D eigenvalue weighted by Gasteiger charge is -1.99. The number of aliphatic hydroxyl groups is 1. The number of aliphatic carboxylic acids is 1. The highest BCUT2D eigenvalue weighted by Crippen LogP contribution is 2.05. The average Bonchev–Trinajstić information content (AvgIpc) is 2.18. The number of hydrogen-bond acceptors (Lipinski definition) is 3. The normalized spacial score (nSPS) is 75.9. The van der Waals surface area contributed by atoms with Gasteiger partial charge in [0, 0.05) is 18.4 Å². The molecule has 0 saturated carbocycles. The Morgan fingerprint density at radius 2 is 2.78 bits per heavy atom. The van der Waals surface area contributed by atoms with Gasteiger partial charge in [0.2, 0.25) is 0 Å². The monoisotopic (exact) mass is 138 g/mol. The summed E-state index contributed by atoms with van der Waals surface area (Å²) in [5, 5.41) is 17.5. The lowest BCUT2D eigenvalue weighted by molar-refractivity contribution is -0.139. The van der Waals surface area contributed by atoms with Gasteiger partial charge in [0.1, 0.15) is 7.43 Å². The van der Waals surface area contributed by atoms with Crippen molar-refractivity contribution in [1.29, 1.82) is 0 Å². The van der Waals surface area contributed by atoms with E-state index in [1.807, 2.05) is 0 Å². The number of β-amino-alcohol motifs (C(OH)–C–C–N with tert-alkyl or cyclic N) is 1. The van der Waals surface area contributed by atoms with Gasteiger partial charge in [-0.15, -0.1) is 0 Å². The quantitative estimate of drug-likeness (QED) is 0.425. The molecule has 0 aliphatic carbocycles. The van der Waals surface area contributed by atoms with Crippen LogP contribution in [0.25, 0.3) is 0 Å². The van der Waals surface area contributed by atoms with Crippen LogP contribution in [0.2, 0.25) is 1.41 Å². The number of nitrogens with one attached hydrogen (secondary N) is 1. The Kier molecular flexibility index (Phi) is 0.500. The molecule has 0 bridgehead atoms. The molecule has 3 N–H and O–H groups in total. The summed E-state index contributed by atoms with van der Waals surface area (Å²) in [5.41, 5.74) is 0. The lowest BCUT2D eigenvalue weighted by atomic mass is 10.2. The summed E-state index contributed by atoms with van der Waals surface area (Å²) in [4.78, 5) is 10.8. The number of carboxylic acids is 1. The van der Waals surface area contributed by atoms with Crippen molar-refractivity contribution >= 4 is 5.97 Å². The fourth-order valence-corrected chi connectivity index (χ4v) is 0.378. The second-order valence-corrected chi connectivity index (χ2v) is 1.35. The molecule has 4 heteroatoms. The number of hydrogen-bond donors (Lipinski definition) is 3. The van der Waals surface area contributed by atoms with Crippen molar-refractivity contribution in [3.05, 3.63) is 0 Å². The lowest BCUT2D eigenvalue weighted by Crippen LogP contribution is -2.29. The highest BCUT2D eigenvalue weighted by atomic mass is 16.4. The summed E-state index contributed by atoms with van der Waals surface area (Å²) in [7, 11) is 0. The molecule has 1 aliphatic rings. The van der Waals surface area contributed by atoms with Gasteiger partial charge in [-0.2, -0.15) is 0 Å². The van der Waals surface area contributed by atoms with Crippen LogP contribution in [0.4, 0.5) is 0 Å². The minimum atomic E-state index is -3.54. The highest BCUT2D eigenvalue weighted by Gasteiger charge is 2.27. The Bertz CT molecular complexity index is 345. The van der Waals surface area contributed by atoms with Crippen molar-refractivity contribution in [3.8, 4) is 0 Å². The molecule has 0 aromatic heterocycles. The first kappa shape index (κ1) is 1.93. The van der Waals surface area contributed by atoms with Gasteiger partial charge in [-0.05, 0) is 0 Å². The van der Waals surface area contributed by atoms with Crippen LogP contribution < -0.4 is 5.31 Å². The van der Waals surface area contributed by atoms with E-state index in [1.54, 1.807) is 0 Å². The predicted molar refractivity (Wildman–Crippen MR) is 30.1 cm³/mol. The zero-order valence-electron chi connectivity index (χ0n) is 11.2. The summed E-state index contributed by atoms with van der Waals surface area (Å²) in [6, 6.07) is -3.40. The van der Waals surface area contributed by atoms with E-state index in [9.17, 15) is 9.90 Å². The van der Waals surface area contributed by atoms with E-state index in [1.165, 1.54) is 0 Å². The molecular weight excluding hydrogens is 122 g/mol. The van der Waals surface area contributed by atoms with E-state index >= 15 is 0 Å². The van der Waals surface area contributed by atoms with Crippen LogP contribution in [0.5, 0.6) is 0 Å². The average molecular weight is 138 g/mol. The van der Waals surface area contributed by atoms with Gasteiger partial charge in [-0.25, -0.2) is 0 Å². The second-order valence-electron chi connectivity index (χ2n) is 1.35. The Hall–Kier alpha value is -0.610. The minimum absolute atomic E-state index is 0.546. The molecule has 0 amide bonds. The molecule has 1 fully saturated rings. The molecule has 1 rings (SSSR count). The molecule has 1 heterocycles. The SMILES string of the molecule is [2H]N1C([2H])([2H])[C@]([2H])(O)C([2H])([2H])[C@@]1([2H])C(=O)O. The molecule has 52 valence electrons. The molecular formula is C5H9NO3. The number of rotatable bonds is 1. The highest BCUT2D eigenvalue weighted by molar-refractivity contribution is 5.73. The number of carbonyl (C=O) groups is 1. The van der Waals surface area contributed by atoms with E-state index < -0.39 is 36.2 Å². The van der Waals surface area contributed by atoms with Crippen molar-refractivity contribution in [2.45, 2.75) is 18.5 Å².